The van der Waals surface area contributed by atoms with E-state index in [-0.39, 0.29) is 11.0 Å². The van der Waals surface area contributed by atoms with E-state index >= 15 is 0 Å². The summed E-state index contributed by atoms with van der Waals surface area (Å²) in [7, 11) is 0. The summed E-state index contributed by atoms with van der Waals surface area (Å²) in [5.74, 6) is -0.976. The molecule has 0 aliphatic carbocycles. The van der Waals surface area contributed by atoms with Crippen LogP contribution in [0.3, 0.4) is 0 Å². The highest BCUT2D eigenvalue weighted by atomic mass is 35.6. The molecule has 138 valence electrons. The Kier molecular flexibility index (Phi) is 8.80. The molecule has 1 aromatic carbocycles. The Bertz CT molecular complexity index is 654. The molecule has 0 radical (unpaired) electrons. The van der Waals surface area contributed by atoms with Crippen molar-refractivity contribution >= 4 is 98.5 Å². The average molecular weight is 467 g/mol. The van der Waals surface area contributed by atoms with Crippen molar-refractivity contribution in [3.63, 3.8) is 0 Å². The predicted molar refractivity (Wildman–Crippen MR) is 108 cm³/mol. The van der Waals surface area contributed by atoms with Crippen molar-refractivity contribution in [3.05, 3.63) is 24.3 Å². The molecule has 1 rings (SSSR count). The van der Waals surface area contributed by atoms with Gasteiger partial charge in [-0.3, -0.25) is 9.59 Å². The third kappa shape index (κ3) is 8.48. The Morgan fingerprint density at radius 3 is 2.12 bits per heavy atom. The molecule has 0 fully saturated rings. The molecule has 0 aliphatic heterocycles. The van der Waals surface area contributed by atoms with Gasteiger partial charge in [0.2, 0.25) is 9.70 Å². The van der Waals surface area contributed by atoms with Crippen LogP contribution < -0.4 is 21.3 Å². The molecule has 25 heavy (non-hydrogen) atoms. The second kappa shape index (κ2) is 9.85. The van der Waals surface area contributed by atoms with E-state index in [1.807, 2.05) is 0 Å². The normalized spacial score (nSPS) is 12.3. The minimum Gasteiger partial charge on any atom is -0.339 e. The molecule has 0 aliphatic rings. The molecule has 2 amide bonds. The van der Waals surface area contributed by atoms with E-state index in [1.54, 1.807) is 24.3 Å². The van der Waals surface area contributed by atoms with E-state index in [1.165, 1.54) is 6.92 Å². The smallest absolute Gasteiger partial charge is 0.255 e. The van der Waals surface area contributed by atoms with Crippen molar-refractivity contribution in [1.29, 1.82) is 0 Å². The minimum atomic E-state index is -1.93. The maximum atomic E-state index is 11.6. The first-order valence-corrected chi connectivity index (χ1v) is 9.01. The monoisotopic (exact) mass is 464 g/mol. The highest BCUT2D eigenvalue weighted by Crippen LogP contribution is 2.29. The highest BCUT2D eigenvalue weighted by molar-refractivity contribution is 7.80. The zero-order chi connectivity index (χ0) is 19.2. The fraction of sp³-hybridized carbons (Fsp3) is 0.308. The van der Waals surface area contributed by atoms with E-state index < -0.39 is 20.7 Å². The second-order valence-corrected chi connectivity index (χ2v) is 8.52. The lowest BCUT2D eigenvalue weighted by atomic mass is 10.3. The zero-order valence-corrected chi connectivity index (χ0v) is 17.2. The first kappa shape index (κ1) is 22.3. The van der Waals surface area contributed by atoms with Gasteiger partial charge in [-0.2, -0.15) is 0 Å². The Morgan fingerprint density at radius 2 is 1.64 bits per heavy atom. The van der Waals surface area contributed by atoms with Crippen LogP contribution in [0.15, 0.2) is 24.3 Å². The Labute approximate surface area is 174 Å². The molecule has 6 nitrogen and oxygen atoms in total. The van der Waals surface area contributed by atoms with Crippen LogP contribution in [0.2, 0.25) is 0 Å². The summed E-state index contributed by atoms with van der Waals surface area (Å²) in [5.41, 5.74) is 1.13. The number of carbonyl (C=O) groups excluding carboxylic acids is 2. The molecule has 0 saturated heterocycles. The summed E-state index contributed by atoms with van der Waals surface area (Å²) in [6, 6.07) is 6.76. The number of nitrogens with one attached hydrogen (secondary N) is 4. The third-order valence-electron chi connectivity index (χ3n) is 2.53. The summed E-state index contributed by atoms with van der Waals surface area (Å²) in [6.45, 7) is 1.39. The van der Waals surface area contributed by atoms with E-state index in [0.717, 1.165) is 0 Å². The lowest BCUT2D eigenvalue weighted by Crippen LogP contribution is -2.57. The van der Waals surface area contributed by atoms with Crippen LogP contribution in [0, 0.1) is 0 Å². The van der Waals surface area contributed by atoms with Crippen LogP contribution in [0.4, 0.5) is 11.4 Å². The lowest BCUT2D eigenvalue weighted by molar-refractivity contribution is -0.120. The van der Waals surface area contributed by atoms with Gasteiger partial charge in [0.15, 0.2) is 9.95 Å². The fourth-order valence-corrected chi connectivity index (χ4v) is 2.27. The molecular weight excluding hydrogens is 454 g/mol. The number of amides is 2. The number of alkyl halides is 5. The molecule has 0 heterocycles. The number of thiocarbonyl (C=S) groups is 1. The predicted octanol–water partition coefficient (Wildman–Crippen LogP) is 3.55. The van der Waals surface area contributed by atoms with Crippen molar-refractivity contribution in [2.75, 3.05) is 10.6 Å². The maximum absolute atomic E-state index is 11.6. The minimum absolute atomic E-state index is 0.0531. The SMILES string of the molecule is CC(=O)Nc1cccc(NC(=S)NC(NC(=O)C(Cl)Cl)C(Cl)(Cl)Cl)c1. The molecule has 1 unspecified atom stereocenters. The number of halogens is 5. The van der Waals surface area contributed by atoms with Crippen molar-refractivity contribution in [3.8, 4) is 0 Å². The third-order valence-corrected chi connectivity index (χ3v) is 3.80. The lowest BCUT2D eigenvalue weighted by Gasteiger charge is -2.28. The van der Waals surface area contributed by atoms with E-state index in [0.29, 0.717) is 11.4 Å². The molecule has 0 bridgehead atoms. The van der Waals surface area contributed by atoms with Crippen LogP contribution >= 0.6 is 70.2 Å². The first-order chi connectivity index (χ1) is 11.5. The van der Waals surface area contributed by atoms with Crippen LogP contribution in [0.5, 0.6) is 0 Å². The number of hydrogen-bond acceptors (Lipinski definition) is 3. The Balaban J connectivity index is 2.77. The molecular formula is C13H13Cl5N4O2S. The number of hydrogen-bond donors (Lipinski definition) is 4. The number of anilines is 2. The molecule has 0 saturated carbocycles. The van der Waals surface area contributed by atoms with Crippen LogP contribution in [-0.4, -0.2) is 31.7 Å². The van der Waals surface area contributed by atoms with Gasteiger partial charge in [-0.15, -0.1) is 0 Å². The zero-order valence-electron chi connectivity index (χ0n) is 12.6. The van der Waals surface area contributed by atoms with E-state index in [9.17, 15) is 9.59 Å². The highest BCUT2D eigenvalue weighted by Gasteiger charge is 2.35. The standard InChI is InChI=1S/C13H13Cl5N4O2S/c1-6(23)19-7-3-2-4-8(5-7)20-12(25)22-11(13(16,17)18)21-10(24)9(14)15/h2-5,9,11H,1H3,(H,19,23)(H,21,24)(H2,20,22,25). The van der Waals surface area contributed by atoms with Gasteiger partial charge >= 0.3 is 0 Å². The van der Waals surface area contributed by atoms with Gasteiger partial charge in [-0.25, -0.2) is 0 Å². The maximum Gasteiger partial charge on any atom is 0.255 e. The molecule has 1 atom stereocenters. The van der Waals surface area contributed by atoms with Crippen molar-refractivity contribution < 1.29 is 9.59 Å². The van der Waals surface area contributed by atoms with Gasteiger partial charge < -0.3 is 21.3 Å². The second-order valence-electron chi connectivity index (χ2n) is 4.64. The van der Waals surface area contributed by atoms with Gasteiger partial charge in [0.25, 0.3) is 5.91 Å². The van der Waals surface area contributed by atoms with E-state index in [4.69, 9.17) is 70.2 Å². The summed E-state index contributed by atoms with van der Waals surface area (Å²) < 4.78 is -1.93. The first-order valence-electron chi connectivity index (χ1n) is 6.59. The van der Waals surface area contributed by atoms with Crippen molar-refractivity contribution in [1.82, 2.24) is 10.6 Å². The van der Waals surface area contributed by atoms with Crippen LogP contribution in [0.1, 0.15) is 6.92 Å². The largest absolute Gasteiger partial charge is 0.339 e. The molecule has 0 aromatic heterocycles. The summed E-state index contributed by atoms with van der Waals surface area (Å²) in [5, 5.41) is 10.5. The van der Waals surface area contributed by atoms with Gasteiger partial charge in [0, 0.05) is 18.3 Å². The molecule has 0 spiro atoms. The summed E-state index contributed by atoms with van der Waals surface area (Å²) in [4.78, 5) is 21.3. The van der Waals surface area contributed by atoms with Crippen LogP contribution in [0.25, 0.3) is 0 Å². The van der Waals surface area contributed by atoms with Gasteiger partial charge in [-0.1, -0.05) is 64.1 Å². The number of rotatable bonds is 5. The average Bonchev–Trinajstić information content (AvgIpc) is 2.44. The summed E-state index contributed by atoms with van der Waals surface area (Å²) >= 11 is 33.5. The number of benzene rings is 1. The Morgan fingerprint density at radius 1 is 1.08 bits per heavy atom. The van der Waals surface area contributed by atoms with Gasteiger partial charge in [0.1, 0.15) is 6.17 Å². The quantitative estimate of drug-likeness (QED) is 0.303. The van der Waals surface area contributed by atoms with Gasteiger partial charge in [-0.05, 0) is 30.4 Å². The molecule has 4 N–H and O–H groups in total. The fourth-order valence-electron chi connectivity index (χ4n) is 1.58. The molecule has 12 heteroatoms. The topological polar surface area (TPSA) is 82.3 Å². The van der Waals surface area contributed by atoms with Crippen molar-refractivity contribution in [2.45, 2.75) is 21.7 Å². The Hall–Kier alpha value is -0.700. The molecule has 1 aromatic rings. The summed E-state index contributed by atoms with van der Waals surface area (Å²) in [6.07, 6.45) is -1.19. The van der Waals surface area contributed by atoms with Crippen LogP contribution in [-0.2, 0) is 9.59 Å². The van der Waals surface area contributed by atoms with Crippen molar-refractivity contribution in [2.24, 2.45) is 0 Å². The van der Waals surface area contributed by atoms with Gasteiger partial charge in [0.05, 0.1) is 0 Å². The number of carbonyl (C=O) groups is 2. The van der Waals surface area contributed by atoms with E-state index in [2.05, 4.69) is 21.3 Å².